The quantitative estimate of drug-likeness (QED) is 0.142. The molecule has 0 heteroatoms. The molecule has 0 aliphatic heterocycles. The molecule has 0 saturated carbocycles. The molecule has 0 nitrogen and oxygen atoms in total. The van der Waals surface area contributed by atoms with Crippen LogP contribution < -0.4 is 0 Å². The van der Waals surface area contributed by atoms with Gasteiger partial charge in [0.2, 0.25) is 0 Å². The first-order valence-electron chi connectivity index (χ1n) is 32.2. The molecule has 0 atom stereocenters. The highest BCUT2D eigenvalue weighted by Gasteiger charge is 2.56. The van der Waals surface area contributed by atoms with Crippen molar-refractivity contribution in [2.75, 3.05) is 0 Å². The standard InChI is InChI=1S/C90H70/c1-55-17-33-63(34-18-55)87(64-35-19-56(2)20-36-64)79-15-11-9-13-71(79)73-49-83-75(51-81(73)87)77-53-86-78(54-85(77)89(83,67-41-25-59(5)26-42-67)68-43-27-60(6)28-44-68)76-52-82-74(50-84(76)90(86,69-45-29-61(7)30-46-69)70-47-31-62(8)32-48-70)72-14-10-12-16-80(72)88(82,65-37-21-57(3)22-38-65)66-39-23-58(4)24-40-66/h9-54H,1-8H3. The molecule has 0 aromatic heterocycles. The summed E-state index contributed by atoms with van der Waals surface area (Å²) in [6.07, 6.45) is 0. The van der Waals surface area contributed by atoms with Crippen molar-refractivity contribution in [3.05, 3.63) is 413 Å². The molecule has 0 bridgehead atoms. The summed E-state index contributed by atoms with van der Waals surface area (Å²) in [5.74, 6) is 0. The Bertz CT molecular complexity index is 4550. The Kier molecular flexibility index (Phi) is 11.8. The average Bonchev–Trinajstić information content (AvgIpc) is 1.51. The van der Waals surface area contributed by atoms with Crippen molar-refractivity contribution in [3.8, 4) is 44.5 Å². The van der Waals surface area contributed by atoms with E-state index in [1.165, 1.54) is 178 Å². The molecule has 90 heavy (non-hydrogen) atoms. The van der Waals surface area contributed by atoms with Gasteiger partial charge in [0.15, 0.2) is 0 Å². The zero-order valence-corrected chi connectivity index (χ0v) is 52.6. The molecular formula is C90H70. The van der Waals surface area contributed by atoms with Crippen molar-refractivity contribution in [2.45, 2.75) is 77.0 Å². The molecule has 17 rings (SSSR count). The van der Waals surface area contributed by atoms with Crippen LogP contribution in [0, 0.1) is 55.4 Å². The summed E-state index contributed by atoms with van der Waals surface area (Å²) in [6, 6.07) is 110. The van der Waals surface area contributed by atoms with Gasteiger partial charge in [-0.1, -0.05) is 287 Å². The summed E-state index contributed by atoms with van der Waals surface area (Å²) in [6.45, 7) is 17.7. The van der Waals surface area contributed by atoms with Gasteiger partial charge in [-0.2, -0.15) is 0 Å². The predicted octanol–water partition coefficient (Wildman–Crippen LogP) is 21.6. The maximum Gasteiger partial charge on any atom is 0.0714 e. The lowest BCUT2D eigenvalue weighted by atomic mass is 9.65. The lowest BCUT2D eigenvalue weighted by Crippen LogP contribution is -2.30. The van der Waals surface area contributed by atoms with E-state index in [-0.39, 0.29) is 0 Å². The van der Waals surface area contributed by atoms with Crippen LogP contribution in [0.5, 0.6) is 0 Å². The van der Waals surface area contributed by atoms with E-state index in [9.17, 15) is 0 Å². The van der Waals surface area contributed by atoms with Crippen LogP contribution >= 0.6 is 0 Å². The van der Waals surface area contributed by atoms with Gasteiger partial charge in [-0.05, 0) is 225 Å². The Morgan fingerprint density at radius 1 is 0.144 bits per heavy atom. The van der Waals surface area contributed by atoms with Gasteiger partial charge in [0.1, 0.15) is 0 Å². The molecule has 13 aromatic rings. The van der Waals surface area contributed by atoms with Crippen LogP contribution in [0.2, 0.25) is 0 Å². The van der Waals surface area contributed by atoms with E-state index in [1.807, 2.05) is 0 Å². The van der Waals surface area contributed by atoms with Crippen molar-refractivity contribution in [1.82, 2.24) is 0 Å². The summed E-state index contributed by atoms with van der Waals surface area (Å²) in [4.78, 5) is 0. The third-order valence-corrected chi connectivity index (χ3v) is 21.6. The smallest absolute Gasteiger partial charge is 0.0619 e. The zero-order valence-electron chi connectivity index (χ0n) is 52.6. The first-order chi connectivity index (χ1) is 43.8. The molecule has 0 spiro atoms. The summed E-state index contributed by atoms with van der Waals surface area (Å²) in [5.41, 5.74) is 38.1. The highest BCUT2D eigenvalue weighted by Crippen LogP contribution is 2.68. The molecule has 0 radical (unpaired) electrons. The van der Waals surface area contributed by atoms with Crippen molar-refractivity contribution in [2.24, 2.45) is 0 Å². The molecule has 4 aliphatic carbocycles. The van der Waals surface area contributed by atoms with Gasteiger partial charge in [0.05, 0.1) is 21.7 Å². The van der Waals surface area contributed by atoms with Gasteiger partial charge >= 0.3 is 0 Å². The molecule has 13 aromatic carbocycles. The molecular weight excluding hydrogens is 1080 g/mol. The van der Waals surface area contributed by atoms with Gasteiger partial charge in [0, 0.05) is 0 Å². The number of rotatable bonds is 8. The van der Waals surface area contributed by atoms with E-state index in [0.717, 1.165) is 0 Å². The van der Waals surface area contributed by atoms with Crippen LogP contribution in [0.15, 0.2) is 279 Å². The maximum atomic E-state index is 2.70. The van der Waals surface area contributed by atoms with Crippen molar-refractivity contribution in [1.29, 1.82) is 0 Å². The van der Waals surface area contributed by atoms with E-state index in [1.54, 1.807) is 0 Å². The van der Waals surface area contributed by atoms with E-state index >= 15 is 0 Å². The highest BCUT2D eigenvalue weighted by atomic mass is 14.6. The molecule has 0 N–H and O–H groups in total. The second kappa shape index (κ2) is 19.7. The number of benzene rings is 13. The lowest BCUT2D eigenvalue weighted by molar-refractivity contribution is 0.753. The fourth-order valence-corrected chi connectivity index (χ4v) is 17.3. The highest BCUT2D eigenvalue weighted by molar-refractivity contribution is 6.00. The van der Waals surface area contributed by atoms with Gasteiger partial charge in [-0.25, -0.2) is 0 Å². The predicted molar refractivity (Wildman–Crippen MR) is 374 cm³/mol. The largest absolute Gasteiger partial charge is 0.0714 e. The number of fused-ring (bicyclic) bond motifs is 12. The van der Waals surface area contributed by atoms with Crippen LogP contribution in [0.25, 0.3) is 44.5 Å². The Hall–Kier alpha value is -10.1. The molecule has 0 heterocycles. The number of hydrogen-bond donors (Lipinski definition) is 0. The minimum atomic E-state index is -0.732. The van der Waals surface area contributed by atoms with Crippen molar-refractivity contribution < 1.29 is 0 Å². The summed E-state index contributed by atoms with van der Waals surface area (Å²) in [5, 5.41) is 0. The van der Waals surface area contributed by atoms with Crippen LogP contribution in [0.4, 0.5) is 0 Å². The second-order valence-corrected chi connectivity index (χ2v) is 26.8. The summed E-state index contributed by atoms with van der Waals surface area (Å²) < 4.78 is 0. The van der Waals surface area contributed by atoms with E-state index < -0.39 is 21.7 Å². The van der Waals surface area contributed by atoms with Crippen molar-refractivity contribution in [3.63, 3.8) is 0 Å². The van der Waals surface area contributed by atoms with Crippen LogP contribution in [-0.2, 0) is 21.7 Å². The zero-order chi connectivity index (χ0) is 61.0. The molecule has 430 valence electrons. The topological polar surface area (TPSA) is 0 Å². The van der Waals surface area contributed by atoms with Crippen molar-refractivity contribution >= 4 is 0 Å². The van der Waals surface area contributed by atoms with E-state index in [2.05, 4.69) is 334 Å². The fraction of sp³-hybridized carbons (Fsp3) is 0.133. The van der Waals surface area contributed by atoms with E-state index in [0.29, 0.717) is 0 Å². The average molecular weight is 1150 g/mol. The third-order valence-electron chi connectivity index (χ3n) is 21.6. The third kappa shape index (κ3) is 7.25. The van der Waals surface area contributed by atoms with Crippen LogP contribution in [-0.4, -0.2) is 0 Å². The lowest BCUT2D eigenvalue weighted by Gasteiger charge is -2.36. The molecule has 0 fully saturated rings. The monoisotopic (exact) mass is 1150 g/mol. The van der Waals surface area contributed by atoms with E-state index in [4.69, 9.17) is 0 Å². The summed E-state index contributed by atoms with van der Waals surface area (Å²) in [7, 11) is 0. The first-order valence-corrected chi connectivity index (χ1v) is 32.2. The minimum Gasteiger partial charge on any atom is -0.0619 e. The Morgan fingerprint density at radius 2 is 0.289 bits per heavy atom. The Morgan fingerprint density at radius 3 is 0.467 bits per heavy atom. The fourth-order valence-electron chi connectivity index (χ4n) is 17.3. The summed E-state index contributed by atoms with van der Waals surface area (Å²) >= 11 is 0. The van der Waals surface area contributed by atoms with Crippen LogP contribution in [0.1, 0.15) is 134 Å². The van der Waals surface area contributed by atoms with Gasteiger partial charge in [-0.3, -0.25) is 0 Å². The molecule has 0 saturated heterocycles. The Labute approximate surface area is 530 Å². The van der Waals surface area contributed by atoms with Gasteiger partial charge in [0.25, 0.3) is 0 Å². The molecule has 0 amide bonds. The normalized spacial score (nSPS) is 15.0. The first kappa shape index (κ1) is 54.0. The second-order valence-electron chi connectivity index (χ2n) is 26.8. The number of aryl methyl sites for hydroxylation is 8. The Balaban J connectivity index is 1.06. The number of hydrogen-bond acceptors (Lipinski definition) is 0. The minimum absolute atomic E-state index is 0.611. The molecule has 0 unspecified atom stereocenters. The molecule has 4 aliphatic rings. The van der Waals surface area contributed by atoms with Crippen LogP contribution in [0.3, 0.4) is 0 Å². The van der Waals surface area contributed by atoms with Gasteiger partial charge < -0.3 is 0 Å². The SMILES string of the molecule is Cc1ccc(C2(c3ccc(C)cc3)c3ccccc3-c3cc4c(cc32)-c2cc3c(cc2C4(c2ccc(C)cc2)c2ccc(C)cc2)-c2cc4c(cc2C3(c2ccc(C)cc2)c2ccc(C)cc2)-c2ccccc2C4(c2ccc(C)cc2)c2ccc(C)cc2)cc1. The maximum absolute atomic E-state index is 2.70. The van der Waals surface area contributed by atoms with Gasteiger partial charge in [-0.15, -0.1) is 0 Å².